The Morgan fingerprint density at radius 2 is 2.11 bits per heavy atom. The van der Waals surface area contributed by atoms with Gasteiger partial charge in [0.15, 0.2) is 0 Å². The molecule has 19 heavy (non-hydrogen) atoms. The lowest BCUT2D eigenvalue weighted by atomic mass is 10.2. The van der Waals surface area contributed by atoms with E-state index >= 15 is 0 Å². The van der Waals surface area contributed by atoms with Crippen LogP contribution in [0.25, 0.3) is 0 Å². The van der Waals surface area contributed by atoms with E-state index in [1.165, 1.54) is 0 Å². The van der Waals surface area contributed by atoms with Gasteiger partial charge in [-0.15, -0.1) is 0 Å². The summed E-state index contributed by atoms with van der Waals surface area (Å²) in [4.78, 5) is 16.2. The number of ether oxygens (including phenoxy) is 1. The van der Waals surface area contributed by atoms with Crippen LogP contribution in [0.1, 0.15) is 10.5 Å². The zero-order chi connectivity index (χ0) is 13.8. The van der Waals surface area contributed by atoms with Gasteiger partial charge in [-0.05, 0) is 46.3 Å². The number of benzene rings is 1. The number of amides is 1. The average molecular weight is 386 g/mol. The minimum Gasteiger partial charge on any atom is -0.495 e. The second-order valence-corrected chi connectivity index (χ2v) is 5.40. The summed E-state index contributed by atoms with van der Waals surface area (Å²) in [7, 11) is 1.55. The van der Waals surface area contributed by atoms with Gasteiger partial charge in [0.2, 0.25) is 0 Å². The van der Waals surface area contributed by atoms with Crippen molar-refractivity contribution in [3.05, 3.63) is 51.2 Å². The largest absolute Gasteiger partial charge is 0.495 e. The molecule has 1 amide bonds. The molecule has 1 aromatic carbocycles. The van der Waals surface area contributed by atoms with Crippen LogP contribution in [0.3, 0.4) is 0 Å². The number of aromatic nitrogens is 1. The third-order valence-corrected chi connectivity index (χ3v) is 3.52. The van der Waals surface area contributed by atoms with E-state index in [2.05, 4.69) is 42.2 Å². The van der Waals surface area contributed by atoms with Crippen molar-refractivity contribution in [2.75, 3.05) is 12.4 Å². The van der Waals surface area contributed by atoms with Gasteiger partial charge in [-0.2, -0.15) is 0 Å². The second-order valence-electron chi connectivity index (χ2n) is 3.63. The van der Waals surface area contributed by atoms with E-state index in [1.807, 2.05) is 6.07 Å². The molecule has 4 nitrogen and oxygen atoms in total. The molecular weight excluding hydrogens is 376 g/mol. The third-order valence-electron chi connectivity index (χ3n) is 2.38. The van der Waals surface area contributed by atoms with Crippen molar-refractivity contribution < 1.29 is 9.53 Å². The first-order chi connectivity index (χ1) is 9.11. The fourth-order valence-corrected chi connectivity index (χ4v) is 2.31. The van der Waals surface area contributed by atoms with Gasteiger partial charge in [0.25, 0.3) is 5.91 Å². The summed E-state index contributed by atoms with van der Waals surface area (Å²) in [5, 5.41) is 2.77. The van der Waals surface area contributed by atoms with E-state index in [1.54, 1.807) is 37.6 Å². The zero-order valence-corrected chi connectivity index (χ0v) is 13.2. The highest BCUT2D eigenvalue weighted by Gasteiger charge is 2.13. The molecule has 2 rings (SSSR count). The molecule has 0 saturated carbocycles. The standard InChI is InChI=1S/C13H10Br2N2O2/c1-19-11-5-4-8(14)7-10(11)17-13(18)12-9(15)3-2-6-16-12/h2-7H,1H3,(H,17,18). The number of rotatable bonds is 3. The first-order valence-electron chi connectivity index (χ1n) is 5.37. The Bertz CT molecular complexity index is 617. The second kappa shape index (κ2) is 6.16. The lowest BCUT2D eigenvalue weighted by molar-refractivity contribution is 0.102. The van der Waals surface area contributed by atoms with Gasteiger partial charge in [-0.1, -0.05) is 15.9 Å². The topological polar surface area (TPSA) is 51.2 Å². The van der Waals surface area contributed by atoms with Crippen LogP contribution in [-0.2, 0) is 0 Å². The number of carbonyl (C=O) groups is 1. The quantitative estimate of drug-likeness (QED) is 0.872. The van der Waals surface area contributed by atoms with E-state index in [0.29, 0.717) is 21.6 Å². The van der Waals surface area contributed by atoms with Gasteiger partial charge < -0.3 is 10.1 Å². The van der Waals surface area contributed by atoms with Crippen molar-refractivity contribution >= 4 is 43.5 Å². The summed E-state index contributed by atoms with van der Waals surface area (Å²) in [6.45, 7) is 0. The van der Waals surface area contributed by atoms with Crippen LogP contribution in [0.5, 0.6) is 5.75 Å². The highest BCUT2D eigenvalue weighted by atomic mass is 79.9. The summed E-state index contributed by atoms with van der Waals surface area (Å²) in [5.41, 5.74) is 0.906. The summed E-state index contributed by atoms with van der Waals surface area (Å²) < 4.78 is 6.69. The number of hydrogen-bond acceptors (Lipinski definition) is 3. The van der Waals surface area contributed by atoms with Crippen molar-refractivity contribution in [3.8, 4) is 5.75 Å². The highest BCUT2D eigenvalue weighted by molar-refractivity contribution is 9.10. The molecule has 0 aliphatic carbocycles. The molecule has 1 N–H and O–H groups in total. The lowest BCUT2D eigenvalue weighted by Crippen LogP contribution is -2.14. The molecular formula is C13H10Br2N2O2. The van der Waals surface area contributed by atoms with Crippen LogP contribution in [0, 0.1) is 0 Å². The number of nitrogens with zero attached hydrogens (tertiary/aromatic N) is 1. The maximum atomic E-state index is 12.1. The van der Waals surface area contributed by atoms with Crippen LogP contribution in [0.2, 0.25) is 0 Å². The molecule has 0 aliphatic heterocycles. The Labute approximate surface area is 127 Å². The molecule has 0 bridgehead atoms. The molecule has 1 aromatic heterocycles. The molecule has 6 heteroatoms. The van der Waals surface area contributed by atoms with Crippen LogP contribution >= 0.6 is 31.9 Å². The van der Waals surface area contributed by atoms with Crippen LogP contribution < -0.4 is 10.1 Å². The summed E-state index contributed by atoms with van der Waals surface area (Å²) >= 11 is 6.65. The first-order valence-corrected chi connectivity index (χ1v) is 6.96. The number of carbonyl (C=O) groups excluding carboxylic acids is 1. The lowest BCUT2D eigenvalue weighted by Gasteiger charge is -2.10. The predicted molar refractivity (Wildman–Crippen MR) is 80.6 cm³/mol. The fourth-order valence-electron chi connectivity index (χ4n) is 1.51. The van der Waals surface area contributed by atoms with Gasteiger partial charge in [0.05, 0.1) is 12.8 Å². The number of pyridine rings is 1. The Kier molecular flexibility index (Phi) is 4.55. The van der Waals surface area contributed by atoms with Crippen LogP contribution in [-0.4, -0.2) is 18.0 Å². The normalized spacial score (nSPS) is 10.1. The molecule has 0 atom stereocenters. The minimum absolute atomic E-state index is 0.302. The number of methoxy groups -OCH3 is 1. The van der Waals surface area contributed by atoms with Crippen molar-refractivity contribution in [2.24, 2.45) is 0 Å². The van der Waals surface area contributed by atoms with Crippen molar-refractivity contribution in [1.29, 1.82) is 0 Å². The van der Waals surface area contributed by atoms with Crippen LogP contribution in [0.15, 0.2) is 45.5 Å². The van der Waals surface area contributed by atoms with E-state index in [0.717, 1.165) is 4.47 Å². The first kappa shape index (κ1) is 14.0. The monoisotopic (exact) mass is 384 g/mol. The van der Waals surface area contributed by atoms with E-state index in [-0.39, 0.29) is 5.91 Å². The Balaban J connectivity index is 2.29. The van der Waals surface area contributed by atoms with Crippen molar-refractivity contribution in [3.63, 3.8) is 0 Å². The Morgan fingerprint density at radius 3 is 2.79 bits per heavy atom. The van der Waals surface area contributed by atoms with Gasteiger partial charge in [0.1, 0.15) is 11.4 Å². The smallest absolute Gasteiger partial charge is 0.275 e. The number of anilines is 1. The number of hydrogen-bond donors (Lipinski definition) is 1. The predicted octanol–water partition coefficient (Wildman–Crippen LogP) is 3.87. The molecule has 2 aromatic rings. The summed E-state index contributed by atoms with van der Waals surface area (Å²) in [6.07, 6.45) is 1.57. The maximum Gasteiger partial charge on any atom is 0.275 e. The molecule has 0 radical (unpaired) electrons. The van der Waals surface area contributed by atoms with E-state index < -0.39 is 0 Å². The molecule has 0 fully saturated rings. The van der Waals surface area contributed by atoms with Gasteiger partial charge in [-0.25, -0.2) is 4.98 Å². The third kappa shape index (κ3) is 3.33. The fraction of sp³-hybridized carbons (Fsp3) is 0.0769. The molecule has 1 heterocycles. The van der Waals surface area contributed by atoms with E-state index in [4.69, 9.17) is 4.74 Å². The molecule has 0 aliphatic rings. The Morgan fingerprint density at radius 1 is 1.32 bits per heavy atom. The number of halogens is 2. The Hall–Kier alpha value is -1.40. The zero-order valence-electron chi connectivity index (χ0n) is 9.98. The molecule has 0 unspecified atom stereocenters. The van der Waals surface area contributed by atoms with Gasteiger partial charge >= 0.3 is 0 Å². The molecule has 0 spiro atoms. The number of nitrogens with one attached hydrogen (secondary N) is 1. The summed E-state index contributed by atoms with van der Waals surface area (Å²) in [6, 6.07) is 8.90. The SMILES string of the molecule is COc1ccc(Br)cc1NC(=O)c1ncccc1Br. The molecule has 0 saturated heterocycles. The maximum absolute atomic E-state index is 12.1. The van der Waals surface area contributed by atoms with Crippen molar-refractivity contribution in [1.82, 2.24) is 4.98 Å². The molecule has 98 valence electrons. The minimum atomic E-state index is -0.302. The van der Waals surface area contributed by atoms with Gasteiger partial charge in [-0.3, -0.25) is 4.79 Å². The summed E-state index contributed by atoms with van der Waals surface area (Å²) in [5.74, 6) is 0.285. The van der Waals surface area contributed by atoms with Crippen LogP contribution in [0.4, 0.5) is 5.69 Å². The van der Waals surface area contributed by atoms with E-state index in [9.17, 15) is 4.79 Å². The van der Waals surface area contributed by atoms with Crippen molar-refractivity contribution in [2.45, 2.75) is 0 Å². The average Bonchev–Trinajstić information content (AvgIpc) is 2.39. The van der Waals surface area contributed by atoms with Gasteiger partial charge in [0, 0.05) is 15.1 Å². The highest BCUT2D eigenvalue weighted by Crippen LogP contribution is 2.28.